The molecule has 0 saturated heterocycles. The molecule has 15 nitrogen and oxygen atoms in total. The number of aliphatic hydroxyl groups excluding tert-OH is 1. The normalized spacial score (nSPS) is 11.9. The summed E-state index contributed by atoms with van der Waals surface area (Å²) >= 11 is 0. The highest BCUT2D eigenvalue weighted by Gasteiger charge is 2.38. The third-order valence-electron chi connectivity index (χ3n) is 6.90. The molecule has 0 spiro atoms. The third-order valence-corrected chi connectivity index (χ3v) is 6.90. The van der Waals surface area contributed by atoms with Crippen molar-refractivity contribution >= 4 is 35.3 Å². The largest absolute Gasteiger partial charge is 0.490 e. The minimum atomic E-state index is -5.08. The highest BCUT2D eigenvalue weighted by Crippen LogP contribution is 2.37. The van der Waals surface area contributed by atoms with E-state index in [9.17, 15) is 37.8 Å². The number of hydrogen-bond acceptors (Lipinski definition) is 10. The summed E-state index contributed by atoms with van der Waals surface area (Å²) < 4.78 is 74.6. The Kier molecular flexibility index (Phi) is 13.9. The number of rotatable bonds is 14. The number of amidine groups is 1. The molecule has 286 valence electrons. The number of aromatic carboxylic acids is 1. The van der Waals surface area contributed by atoms with Crippen LogP contribution >= 0.6 is 0 Å². The fourth-order valence-electron chi connectivity index (χ4n) is 4.25. The van der Waals surface area contributed by atoms with E-state index in [1.165, 1.54) is 24.3 Å². The van der Waals surface area contributed by atoms with Gasteiger partial charge in [0.1, 0.15) is 28.6 Å². The van der Waals surface area contributed by atoms with Gasteiger partial charge < -0.3 is 46.3 Å². The monoisotopic (exact) mass is 763 g/mol. The smallest absolute Gasteiger partial charge is 0.478 e. The minimum Gasteiger partial charge on any atom is -0.478 e. The number of aliphatic carboxylic acids is 2. The first-order chi connectivity index (χ1) is 25.3. The number of carboxylic acid groups (broad SMARTS) is 3. The molecule has 0 fully saturated rings. The topological polar surface area (TPSA) is 254 Å². The number of hydrogen-bond donors (Lipinski definition) is 8. The Morgan fingerprint density at radius 1 is 0.889 bits per heavy atom. The van der Waals surface area contributed by atoms with Crippen LogP contribution < -0.4 is 25.8 Å². The molecule has 0 aliphatic rings. The summed E-state index contributed by atoms with van der Waals surface area (Å²) in [6.07, 6.45) is -6.30. The van der Waals surface area contributed by atoms with E-state index < -0.39 is 82.7 Å². The first-order valence-corrected chi connectivity index (χ1v) is 15.2. The molecule has 0 aliphatic heterocycles. The van der Waals surface area contributed by atoms with Crippen LogP contribution in [-0.2, 0) is 16.0 Å². The summed E-state index contributed by atoms with van der Waals surface area (Å²) in [4.78, 5) is 48.0. The number of aryl methyl sites for hydroxylation is 1. The van der Waals surface area contributed by atoms with E-state index in [-0.39, 0.29) is 22.7 Å². The lowest BCUT2D eigenvalue weighted by molar-refractivity contribution is -0.192. The van der Waals surface area contributed by atoms with Crippen LogP contribution in [0.2, 0.25) is 0 Å². The molecule has 3 aromatic carbocycles. The third kappa shape index (κ3) is 11.6. The van der Waals surface area contributed by atoms with Gasteiger partial charge >= 0.3 is 24.1 Å². The van der Waals surface area contributed by atoms with Crippen molar-refractivity contribution in [3.05, 3.63) is 107 Å². The van der Waals surface area contributed by atoms with E-state index >= 15 is 8.78 Å². The van der Waals surface area contributed by atoms with Crippen molar-refractivity contribution in [3.8, 4) is 23.3 Å². The molecular formula is C34H30F5N5O10. The number of nitrogens with zero attached hydrogens (tertiary/aromatic N) is 1. The molecule has 9 N–H and O–H groups in total. The van der Waals surface area contributed by atoms with Crippen molar-refractivity contribution in [2.75, 3.05) is 5.32 Å². The van der Waals surface area contributed by atoms with Crippen molar-refractivity contribution in [3.63, 3.8) is 0 Å². The predicted octanol–water partition coefficient (Wildman–Crippen LogP) is 5.13. The number of nitrogens with two attached hydrogens (primary N) is 1. The minimum absolute atomic E-state index is 0.00475. The van der Waals surface area contributed by atoms with E-state index in [4.69, 9.17) is 35.6 Å². The molecule has 54 heavy (non-hydrogen) atoms. The number of ether oxygens (including phenoxy) is 2. The first-order valence-electron chi connectivity index (χ1n) is 15.2. The van der Waals surface area contributed by atoms with Gasteiger partial charge in [0.25, 0.3) is 17.7 Å². The summed E-state index contributed by atoms with van der Waals surface area (Å²) in [7, 11) is 0. The molecule has 20 heteroatoms. The average Bonchev–Trinajstić information content (AvgIpc) is 3.11. The number of nitrogen functional groups attached to an aromatic ring is 1. The van der Waals surface area contributed by atoms with Crippen LogP contribution in [0.25, 0.3) is 0 Å². The Balaban J connectivity index is 0.00000102. The second-order valence-electron chi connectivity index (χ2n) is 11.0. The molecule has 1 aromatic heterocycles. The maximum absolute atomic E-state index is 15.9. The Morgan fingerprint density at radius 2 is 1.50 bits per heavy atom. The highest BCUT2D eigenvalue weighted by atomic mass is 19.4. The van der Waals surface area contributed by atoms with Crippen molar-refractivity contribution in [2.45, 2.75) is 38.2 Å². The zero-order valence-electron chi connectivity index (χ0n) is 27.6. The number of nitrogens with one attached hydrogen (secondary N) is 3. The van der Waals surface area contributed by atoms with Crippen molar-refractivity contribution in [2.24, 2.45) is 5.73 Å². The van der Waals surface area contributed by atoms with Gasteiger partial charge in [-0.3, -0.25) is 10.2 Å². The van der Waals surface area contributed by atoms with E-state index in [2.05, 4.69) is 10.3 Å². The Bertz CT molecular complexity index is 2030. The summed E-state index contributed by atoms with van der Waals surface area (Å²) in [5.41, 5.74) is 5.08. The lowest BCUT2D eigenvalue weighted by Crippen LogP contribution is -2.40. The lowest BCUT2D eigenvalue weighted by Gasteiger charge is -2.19. The number of aromatic nitrogens is 1. The fourth-order valence-corrected chi connectivity index (χ4v) is 4.25. The molecular weight excluding hydrogens is 733 g/mol. The van der Waals surface area contributed by atoms with Crippen LogP contribution in [0.5, 0.6) is 23.3 Å². The molecule has 1 amide bonds. The molecule has 4 rings (SSSR count). The molecule has 2 atom stereocenters. The number of halogens is 5. The Labute approximate surface area is 301 Å². The second-order valence-corrected chi connectivity index (χ2v) is 11.0. The lowest BCUT2D eigenvalue weighted by atomic mass is 10.1. The Morgan fingerprint density at radius 3 is 2.06 bits per heavy atom. The molecule has 1 unspecified atom stereocenters. The van der Waals surface area contributed by atoms with Crippen LogP contribution in [0.4, 0.5) is 27.6 Å². The van der Waals surface area contributed by atoms with E-state index in [1.54, 1.807) is 12.2 Å². The van der Waals surface area contributed by atoms with Crippen molar-refractivity contribution in [1.29, 1.82) is 5.41 Å². The zero-order chi connectivity index (χ0) is 40.3. The van der Waals surface area contributed by atoms with Crippen LogP contribution in [-0.4, -0.2) is 73.5 Å². The van der Waals surface area contributed by atoms with Crippen molar-refractivity contribution < 1.29 is 71.0 Å². The summed E-state index contributed by atoms with van der Waals surface area (Å²) in [6.45, 7) is 1.70. The van der Waals surface area contributed by atoms with Gasteiger partial charge in [-0.2, -0.15) is 26.9 Å². The first kappa shape index (κ1) is 41.6. The number of anilines is 1. The quantitative estimate of drug-likeness (QED) is 0.0359. The van der Waals surface area contributed by atoms with Gasteiger partial charge in [-0.25, -0.2) is 14.4 Å². The molecule has 0 aliphatic carbocycles. The Hall–Kier alpha value is -6.83. The fraction of sp³-hybridized carbons (Fsp3) is 0.176. The zero-order valence-corrected chi connectivity index (χ0v) is 27.6. The SMILES string of the molecule is CC(CCc1ccccc1)Nc1c(F)c(Oc2cccc(C(=N)N)c2)nc(Oc2ccc(C(=O)N[C@H](O)C(=O)O)cc2C(=O)O)c1F.O=C(O)C(F)(F)F. The van der Waals surface area contributed by atoms with Crippen LogP contribution in [0.1, 0.15) is 45.2 Å². The number of amides is 1. The maximum Gasteiger partial charge on any atom is 0.490 e. The van der Waals surface area contributed by atoms with Gasteiger partial charge in [-0.15, -0.1) is 0 Å². The van der Waals surface area contributed by atoms with Crippen molar-refractivity contribution in [1.82, 2.24) is 10.3 Å². The van der Waals surface area contributed by atoms with E-state index in [0.29, 0.717) is 12.8 Å². The average molecular weight is 764 g/mol. The summed E-state index contributed by atoms with van der Waals surface area (Å²) in [5, 5.41) is 47.3. The number of pyridine rings is 1. The van der Waals surface area contributed by atoms with E-state index in [0.717, 1.165) is 23.8 Å². The highest BCUT2D eigenvalue weighted by molar-refractivity contribution is 6.00. The predicted molar refractivity (Wildman–Crippen MR) is 178 cm³/mol. The van der Waals surface area contributed by atoms with Gasteiger partial charge in [0.05, 0.1) is 0 Å². The molecule has 1 heterocycles. The van der Waals surface area contributed by atoms with Gasteiger partial charge in [0, 0.05) is 17.2 Å². The number of benzene rings is 3. The van der Waals surface area contributed by atoms with Crippen LogP contribution in [0, 0.1) is 17.0 Å². The number of carbonyl (C=O) groups excluding carboxylic acids is 1. The van der Waals surface area contributed by atoms with E-state index in [1.807, 2.05) is 30.3 Å². The van der Waals surface area contributed by atoms with Gasteiger partial charge in [0.15, 0.2) is 0 Å². The van der Waals surface area contributed by atoms with Gasteiger partial charge in [-0.1, -0.05) is 42.5 Å². The molecule has 0 radical (unpaired) electrons. The standard InChI is InChI=1S/C32H29F2N5O8.C2HF3O2/c1-16(10-11-17-6-3-2-4-7-17)37-25-23(33)29(46-20-9-5-8-18(14-20)26(35)36)39-30(24(25)34)47-22-13-12-19(15-21(22)31(42)43)27(40)38-28(41)32(44)45;3-2(4,5)1(6)7/h2-9,12-16,28,41H,10-11H2,1H3,(H3,35,36)(H,37,39)(H,38,40)(H,42,43)(H,44,45);(H,6,7)/t16?,28-;/m1./s1. The van der Waals surface area contributed by atoms with Crippen LogP contribution in [0.15, 0.2) is 72.8 Å². The number of alkyl halides is 3. The summed E-state index contributed by atoms with van der Waals surface area (Å²) in [6, 6.07) is 17.5. The second kappa shape index (κ2) is 18.1. The number of carboxylic acids is 3. The summed E-state index contributed by atoms with van der Waals surface area (Å²) in [5.74, 6) is -12.3. The number of carbonyl (C=O) groups is 4. The number of aliphatic hydroxyl groups is 1. The maximum atomic E-state index is 15.9. The molecule has 0 bridgehead atoms. The van der Waals surface area contributed by atoms with Gasteiger partial charge in [-0.05, 0) is 55.7 Å². The van der Waals surface area contributed by atoms with Gasteiger partial charge in [0.2, 0.25) is 17.9 Å². The molecule has 4 aromatic rings. The molecule has 0 saturated carbocycles. The van der Waals surface area contributed by atoms with Crippen LogP contribution in [0.3, 0.4) is 0 Å².